The number of nitrogens with zero attached hydrogens (tertiary/aromatic N) is 2. The fourth-order valence-electron chi connectivity index (χ4n) is 2.16. The molecule has 1 heterocycles. The Morgan fingerprint density at radius 2 is 1.74 bits per heavy atom. The van der Waals surface area contributed by atoms with Gasteiger partial charge < -0.3 is 10.5 Å². The number of hydrogen-bond acceptors (Lipinski definition) is 4. The molecule has 2 aromatic carbocycles. The summed E-state index contributed by atoms with van der Waals surface area (Å²) in [6.45, 7) is 0. The zero-order chi connectivity index (χ0) is 16.1. The summed E-state index contributed by atoms with van der Waals surface area (Å²) in [6, 6.07) is 18.7. The number of benzene rings is 2. The lowest BCUT2D eigenvalue weighted by Gasteiger charge is -2.10. The molecule has 5 heteroatoms. The highest BCUT2D eigenvalue weighted by atomic mass is 16.5. The Bertz CT molecular complexity index is 819. The van der Waals surface area contributed by atoms with Gasteiger partial charge in [-0.3, -0.25) is 4.79 Å². The number of ether oxygens (including phenoxy) is 1. The van der Waals surface area contributed by atoms with Crippen molar-refractivity contribution < 1.29 is 9.53 Å². The summed E-state index contributed by atoms with van der Waals surface area (Å²) in [5, 5.41) is 0. The molecule has 1 aromatic heterocycles. The van der Waals surface area contributed by atoms with Gasteiger partial charge in [-0.2, -0.15) is 0 Å². The van der Waals surface area contributed by atoms with Crippen LogP contribution in [0.2, 0.25) is 0 Å². The molecule has 0 spiro atoms. The Hall–Kier alpha value is -3.21. The predicted octanol–water partition coefficient (Wildman–Crippen LogP) is 2.96. The van der Waals surface area contributed by atoms with E-state index in [1.165, 1.54) is 12.3 Å². The number of nitrogens with two attached hydrogens (primary N) is 1. The molecule has 0 bridgehead atoms. The fraction of sp³-hybridized carbons (Fsp3) is 0.0556. The Kier molecular flexibility index (Phi) is 4.29. The van der Waals surface area contributed by atoms with Crippen molar-refractivity contribution >= 4 is 5.91 Å². The summed E-state index contributed by atoms with van der Waals surface area (Å²) in [5.41, 5.74) is 6.39. The first-order valence-corrected chi connectivity index (χ1v) is 7.15. The van der Waals surface area contributed by atoms with Crippen molar-refractivity contribution in [2.24, 2.45) is 5.73 Å². The van der Waals surface area contributed by atoms with Crippen molar-refractivity contribution in [2.75, 3.05) is 0 Å². The second-order valence-corrected chi connectivity index (χ2v) is 4.92. The molecule has 1 amide bonds. The molecule has 0 radical (unpaired) electrons. The van der Waals surface area contributed by atoms with Crippen molar-refractivity contribution in [3.05, 3.63) is 83.9 Å². The van der Waals surface area contributed by atoms with Crippen LogP contribution in [0.1, 0.15) is 21.9 Å². The van der Waals surface area contributed by atoms with Gasteiger partial charge in [0.1, 0.15) is 23.0 Å². The molecule has 0 saturated carbocycles. The monoisotopic (exact) mass is 305 g/mol. The molecule has 3 aromatic rings. The number of amides is 1. The molecule has 0 aliphatic heterocycles. The van der Waals surface area contributed by atoms with E-state index >= 15 is 0 Å². The van der Waals surface area contributed by atoms with Crippen LogP contribution in [0.3, 0.4) is 0 Å². The van der Waals surface area contributed by atoms with Crippen LogP contribution in [0, 0.1) is 0 Å². The van der Waals surface area contributed by atoms with Crippen LogP contribution in [0.25, 0.3) is 0 Å². The second-order valence-electron chi connectivity index (χ2n) is 4.92. The number of carbonyl (C=O) groups is 1. The molecule has 5 nitrogen and oxygen atoms in total. The van der Waals surface area contributed by atoms with E-state index in [0.717, 1.165) is 17.1 Å². The van der Waals surface area contributed by atoms with Gasteiger partial charge in [0.05, 0.1) is 0 Å². The van der Waals surface area contributed by atoms with E-state index in [9.17, 15) is 4.79 Å². The maximum atomic E-state index is 11.2. The molecule has 0 aliphatic rings. The van der Waals surface area contributed by atoms with E-state index in [2.05, 4.69) is 9.97 Å². The summed E-state index contributed by atoms with van der Waals surface area (Å²) in [5.74, 6) is 1.44. The number of aromatic nitrogens is 2. The Morgan fingerprint density at radius 1 is 1.00 bits per heavy atom. The third-order valence-electron chi connectivity index (χ3n) is 3.25. The van der Waals surface area contributed by atoms with Gasteiger partial charge >= 0.3 is 0 Å². The lowest BCUT2D eigenvalue weighted by atomic mass is 10.1. The molecular weight excluding hydrogens is 290 g/mol. The standard InChI is InChI=1S/C18H15N3O2/c19-18(22)15-10-11-20-17(21-15)12-13-6-4-5-9-16(13)23-14-7-2-1-3-8-14/h1-11H,12H2,(H2,19,22). The summed E-state index contributed by atoms with van der Waals surface area (Å²) < 4.78 is 5.91. The molecule has 0 unspecified atom stereocenters. The van der Waals surface area contributed by atoms with Crippen molar-refractivity contribution in [2.45, 2.75) is 6.42 Å². The number of rotatable bonds is 5. The number of para-hydroxylation sites is 2. The van der Waals surface area contributed by atoms with Gasteiger partial charge in [-0.25, -0.2) is 9.97 Å². The van der Waals surface area contributed by atoms with Crippen LogP contribution in [0.4, 0.5) is 0 Å². The zero-order valence-electron chi connectivity index (χ0n) is 12.3. The Labute approximate surface area is 133 Å². The Morgan fingerprint density at radius 3 is 2.52 bits per heavy atom. The highest BCUT2D eigenvalue weighted by molar-refractivity contribution is 5.90. The largest absolute Gasteiger partial charge is 0.457 e. The van der Waals surface area contributed by atoms with Crippen LogP contribution in [-0.2, 0) is 6.42 Å². The van der Waals surface area contributed by atoms with Crippen LogP contribution < -0.4 is 10.5 Å². The average Bonchev–Trinajstić information content (AvgIpc) is 2.58. The molecule has 114 valence electrons. The van der Waals surface area contributed by atoms with Gasteiger partial charge in [0, 0.05) is 18.2 Å². The van der Waals surface area contributed by atoms with Gasteiger partial charge in [0.25, 0.3) is 5.91 Å². The SMILES string of the molecule is NC(=O)c1ccnc(Cc2ccccc2Oc2ccccc2)n1. The lowest BCUT2D eigenvalue weighted by molar-refractivity contribution is 0.0995. The molecule has 0 aliphatic carbocycles. The number of hydrogen-bond donors (Lipinski definition) is 1. The van der Waals surface area contributed by atoms with Gasteiger partial charge in [0.2, 0.25) is 0 Å². The highest BCUT2D eigenvalue weighted by Crippen LogP contribution is 2.26. The van der Waals surface area contributed by atoms with E-state index in [1.807, 2.05) is 54.6 Å². The first-order chi connectivity index (χ1) is 11.2. The topological polar surface area (TPSA) is 78.1 Å². The minimum Gasteiger partial charge on any atom is -0.457 e. The van der Waals surface area contributed by atoms with E-state index in [0.29, 0.717) is 12.2 Å². The summed E-state index contributed by atoms with van der Waals surface area (Å²) >= 11 is 0. The molecule has 0 atom stereocenters. The summed E-state index contributed by atoms with van der Waals surface area (Å²) in [6.07, 6.45) is 1.98. The first-order valence-electron chi connectivity index (χ1n) is 7.15. The number of primary amides is 1. The van der Waals surface area contributed by atoms with Gasteiger partial charge in [-0.05, 0) is 24.3 Å². The molecule has 3 rings (SSSR count). The smallest absolute Gasteiger partial charge is 0.267 e. The van der Waals surface area contributed by atoms with Gasteiger partial charge in [0.15, 0.2) is 0 Å². The quantitative estimate of drug-likeness (QED) is 0.786. The van der Waals surface area contributed by atoms with E-state index in [4.69, 9.17) is 10.5 Å². The number of carbonyl (C=O) groups excluding carboxylic acids is 1. The fourth-order valence-corrected chi connectivity index (χ4v) is 2.16. The van der Waals surface area contributed by atoms with Crippen molar-refractivity contribution in [3.8, 4) is 11.5 Å². The maximum absolute atomic E-state index is 11.2. The molecule has 0 saturated heterocycles. The summed E-state index contributed by atoms with van der Waals surface area (Å²) in [4.78, 5) is 19.6. The minimum atomic E-state index is -0.567. The third kappa shape index (κ3) is 3.71. The molecule has 0 fully saturated rings. The lowest BCUT2D eigenvalue weighted by Crippen LogP contribution is -2.14. The zero-order valence-corrected chi connectivity index (χ0v) is 12.3. The minimum absolute atomic E-state index is 0.205. The maximum Gasteiger partial charge on any atom is 0.267 e. The van der Waals surface area contributed by atoms with E-state index < -0.39 is 5.91 Å². The summed E-state index contributed by atoms with van der Waals surface area (Å²) in [7, 11) is 0. The van der Waals surface area contributed by atoms with Crippen molar-refractivity contribution in [1.82, 2.24) is 9.97 Å². The van der Waals surface area contributed by atoms with Gasteiger partial charge in [-0.1, -0.05) is 36.4 Å². The molecule has 23 heavy (non-hydrogen) atoms. The van der Waals surface area contributed by atoms with E-state index in [1.54, 1.807) is 0 Å². The van der Waals surface area contributed by atoms with E-state index in [-0.39, 0.29) is 5.69 Å². The molecular formula is C18H15N3O2. The first kappa shape index (κ1) is 14.7. The predicted molar refractivity (Wildman–Crippen MR) is 86.3 cm³/mol. The van der Waals surface area contributed by atoms with Crippen LogP contribution in [0.15, 0.2) is 66.9 Å². The van der Waals surface area contributed by atoms with Crippen molar-refractivity contribution in [3.63, 3.8) is 0 Å². The highest BCUT2D eigenvalue weighted by Gasteiger charge is 2.09. The van der Waals surface area contributed by atoms with Crippen molar-refractivity contribution in [1.29, 1.82) is 0 Å². The van der Waals surface area contributed by atoms with Crippen LogP contribution in [0.5, 0.6) is 11.5 Å². The van der Waals surface area contributed by atoms with Crippen LogP contribution >= 0.6 is 0 Å². The van der Waals surface area contributed by atoms with Gasteiger partial charge in [-0.15, -0.1) is 0 Å². The normalized spacial score (nSPS) is 10.3. The second kappa shape index (κ2) is 6.70. The molecule has 2 N–H and O–H groups in total. The van der Waals surface area contributed by atoms with Crippen LogP contribution in [-0.4, -0.2) is 15.9 Å². The third-order valence-corrected chi connectivity index (χ3v) is 3.25. The Balaban J connectivity index is 1.86. The average molecular weight is 305 g/mol.